The number of aliphatic hydroxyl groups excluding tert-OH is 1. The second kappa shape index (κ2) is 9.48. The van der Waals surface area contributed by atoms with Crippen molar-refractivity contribution >= 4 is 17.5 Å². The molecule has 3 N–H and O–H groups in total. The molecule has 1 atom stereocenters. The number of amides is 2. The Bertz CT molecular complexity index is 775. The summed E-state index contributed by atoms with van der Waals surface area (Å²) in [6.07, 6.45) is 1.62. The molecule has 0 fully saturated rings. The zero-order valence-electron chi connectivity index (χ0n) is 14.2. The molecule has 0 spiro atoms. The molecule has 2 rings (SSSR count). The van der Waals surface area contributed by atoms with Crippen molar-refractivity contribution < 1.29 is 19.1 Å². The Morgan fingerprint density at radius 3 is 2.54 bits per heavy atom. The fourth-order valence-electron chi connectivity index (χ4n) is 2.44. The molecule has 0 aliphatic carbocycles. The van der Waals surface area contributed by atoms with Crippen LogP contribution in [0.2, 0.25) is 0 Å². The third-order valence-corrected chi connectivity index (χ3v) is 3.82. The lowest BCUT2D eigenvalue weighted by molar-refractivity contribution is -0.111. The zero-order valence-corrected chi connectivity index (χ0v) is 14.2. The van der Waals surface area contributed by atoms with Crippen molar-refractivity contribution in [2.75, 3.05) is 18.5 Å². The van der Waals surface area contributed by atoms with Crippen LogP contribution in [0.15, 0.2) is 61.2 Å². The van der Waals surface area contributed by atoms with E-state index in [2.05, 4.69) is 17.2 Å². The number of aliphatic hydroxyl groups is 1. The van der Waals surface area contributed by atoms with Crippen molar-refractivity contribution in [2.24, 2.45) is 5.92 Å². The molecule has 0 saturated heterocycles. The summed E-state index contributed by atoms with van der Waals surface area (Å²) >= 11 is 0. The predicted octanol–water partition coefficient (Wildman–Crippen LogP) is 2.53. The zero-order chi connectivity index (χ0) is 18.9. The van der Waals surface area contributed by atoms with Gasteiger partial charge < -0.3 is 15.7 Å². The van der Waals surface area contributed by atoms with Gasteiger partial charge in [0.05, 0.1) is 0 Å². The molecule has 0 aliphatic rings. The van der Waals surface area contributed by atoms with E-state index in [1.165, 1.54) is 12.1 Å². The topological polar surface area (TPSA) is 78.4 Å². The number of rotatable bonds is 8. The number of benzene rings is 2. The molecule has 0 aromatic heterocycles. The molecular weight excluding hydrogens is 335 g/mol. The van der Waals surface area contributed by atoms with Gasteiger partial charge in [-0.25, -0.2) is 4.39 Å². The smallest absolute Gasteiger partial charge is 0.251 e. The Morgan fingerprint density at radius 2 is 1.92 bits per heavy atom. The SMILES string of the molecule is C=CC(=O)Nc1ccc(C(=O)NCC(CO)Cc2cccc(F)c2)cc1. The summed E-state index contributed by atoms with van der Waals surface area (Å²) < 4.78 is 13.2. The summed E-state index contributed by atoms with van der Waals surface area (Å²) in [6, 6.07) is 12.6. The molecule has 1 unspecified atom stereocenters. The predicted molar refractivity (Wildman–Crippen MR) is 98.3 cm³/mol. The summed E-state index contributed by atoms with van der Waals surface area (Å²) in [5, 5.41) is 14.8. The maximum absolute atomic E-state index is 13.2. The Morgan fingerprint density at radius 1 is 1.19 bits per heavy atom. The van der Waals surface area contributed by atoms with Gasteiger partial charge >= 0.3 is 0 Å². The standard InChI is InChI=1S/C20H21FN2O3/c1-2-19(25)23-18-8-6-16(7-9-18)20(26)22-12-15(13-24)10-14-4-3-5-17(21)11-14/h2-9,11,15,24H,1,10,12-13H2,(H,22,26)(H,23,25). The lowest BCUT2D eigenvalue weighted by atomic mass is 10.00. The fourth-order valence-corrected chi connectivity index (χ4v) is 2.44. The minimum Gasteiger partial charge on any atom is -0.396 e. The average molecular weight is 356 g/mol. The molecule has 5 nitrogen and oxygen atoms in total. The number of anilines is 1. The molecule has 2 aromatic carbocycles. The Labute approximate surface area is 151 Å². The highest BCUT2D eigenvalue weighted by Gasteiger charge is 2.12. The summed E-state index contributed by atoms with van der Waals surface area (Å²) in [7, 11) is 0. The van der Waals surface area contributed by atoms with Crippen LogP contribution >= 0.6 is 0 Å². The highest BCUT2D eigenvalue weighted by Crippen LogP contribution is 2.12. The molecule has 0 bridgehead atoms. The van der Waals surface area contributed by atoms with Gasteiger partial charge in [0.25, 0.3) is 5.91 Å². The number of carbonyl (C=O) groups is 2. The largest absolute Gasteiger partial charge is 0.396 e. The minimum absolute atomic E-state index is 0.122. The summed E-state index contributed by atoms with van der Waals surface area (Å²) in [5.74, 6) is -1.16. The highest BCUT2D eigenvalue weighted by molar-refractivity contribution is 5.99. The van der Waals surface area contributed by atoms with Gasteiger partial charge in [-0.15, -0.1) is 0 Å². The van der Waals surface area contributed by atoms with Gasteiger partial charge in [-0.1, -0.05) is 18.7 Å². The quantitative estimate of drug-likeness (QED) is 0.636. The molecule has 6 heteroatoms. The fraction of sp³-hybridized carbons (Fsp3) is 0.200. The van der Waals surface area contributed by atoms with Crippen molar-refractivity contribution in [3.05, 3.63) is 78.1 Å². The molecule has 26 heavy (non-hydrogen) atoms. The molecule has 0 radical (unpaired) electrons. The van der Waals surface area contributed by atoms with Crippen molar-refractivity contribution in [3.63, 3.8) is 0 Å². The van der Waals surface area contributed by atoms with Crippen molar-refractivity contribution in [1.29, 1.82) is 0 Å². The first kappa shape index (κ1) is 19.3. The normalized spacial score (nSPS) is 11.5. The molecule has 0 aliphatic heterocycles. The minimum atomic E-state index is -0.328. The first-order valence-corrected chi connectivity index (χ1v) is 8.18. The van der Waals surface area contributed by atoms with E-state index in [4.69, 9.17) is 0 Å². The second-order valence-corrected chi connectivity index (χ2v) is 5.86. The van der Waals surface area contributed by atoms with Crippen LogP contribution in [0.1, 0.15) is 15.9 Å². The third kappa shape index (κ3) is 5.82. The summed E-state index contributed by atoms with van der Waals surface area (Å²) in [4.78, 5) is 23.4. The second-order valence-electron chi connectivity index (χ2n) is 5.86. The van der Waals surface area contributed by atoms with E-state index in [0.717, 1.165) is 11.6 Å². The van der Waals surface area contributed by atoms with Crippen molar-refractivity contribution in [1.82, 2.24) is 5.32 Å². The van der Waals surface area contributed by atoms with Gasteiger partial charge in [0, 0.05) is 30.3 Å². The van der Waals surface area contributed by atoms with E-state index >= 15 is 0 Å². The molecule has 136 valence electrons. The maximum Gasteiger partial charge on any atom is 0.251 e. The van der Waals surface area contributed by atoms with Gasteiger partial charge in [-0.3, -0.25) is 9.59 Å². The first-order chi connectivity index (χ1) is 12.5. The van der Waals surface area contributed by atoms with Gasteiger partial charge in [0.15, 0.2) is 0 Å². The summed E-state index contributed by atoms with van der Waals surface area (Å²) in [5.41, 5.74) is 1.76. The van der Waals surface area contributed by atoms with Crippen LogP contribution in [0.3, 0.4) is 0 Å². The van der Waals surface area contributed by atoms with Crippen LogP contribution in [-0.2, 0) is 11.2 Å². The van der Waals surface area contributed by atoms with E-state index in [1.807, 2.05) is 0 Å². The van der Waals surface area contributed by atoms with Crippen LogP contribution in [-0.4, -0.2) is 30.1 Å². The number of hydrogen-bond donors (Lipinski definition) is 3. The Balaban J connectivity index is 1.89. The number of halogens is 1. The number of carbonyl (C=O) groups excluding carboxylic acids is 2. The summed E-state index contributed by atoms with van der Waals surface area (Å²) in [6.45, 7) is 3.51. The van der Waals surface area contributed by atoms with Gasteiger partial charge in [0.2, 0.25) is 5.91 Å². The highest BCUT2D eigenvalue weighted by atomic mass is 19.1. The lowest BCUT2D eigenvalue weighted by Crippen LogP contribution is -2.31. The molecule has 2 aromatic rings. The molecule has 2 amide bonds. The lowest BCUT2D eigenvalue weighted by Gasteiger charge is -2.15. The molecular formula is C20H21FN2O3. The molecule has 0 heterocycles. The Hall–Kier alpha value is -2.99. The van der Waals surface area contributed by atoms with Gasteiger partial charge in [-0.05, 0) is 54.5 Å². The van der Waals surface area contributed by atoms with Crippen molar-refractivity contribution in [2.45, 2.75) is 6.42 Å². The van der Waals surface area contributed by atoms with Crippen molar-refractivity contribution in [3.8, 4) is 0 Å². The van der Waals surface area contributed by atoms with E-state index in [1.54, 1.807) is 36.4 Å². The number of hydrogen-bond acceptors (Lipinski definition) is 3. The molecule has 0 saturated carbocycles. The van der Waals surface area contributed by atoms with E-state index in [9.17, 15) is 19.1 Å². The van der Waals surface area contributed by atoms with Crippen LogP contribution < -0.4 is 10.6 Å². The Kier molecular flexibility index (Phi) is 7.05. The first-order valence-electron chi connectivity index (χ1n) is 8.18. The third-order valence-electron chi connectivity index (χ3n) is 3.82. The van der Waals surface area contributed by atoms with E-state index in [0.29, 0.717) is 17.7 Å². The van der Waals surface area contributed by atoms with Gasteiger partial charge in [0.1, 0.15) is 5.82 Å². The monoisotopic (exact) mass is 356 g/mol. The van der Waals surface area contributed by atoms with Crippen LogP contribution in [0.4, 0.5) is 10.1 Å². The van der Waals surface area contributed by atoms with Crippen LogP contribution in [0.5, 0.6) is 0 Å². The number of nitrogens with one attached hydrogen (secondary N) is 2. The maximum atomic E-state index is 13.2. The van der Waals surface area contributed by atoms with Crippen LogP contribution in [0, 0.1) is 11.7 Å². The average Bonchev–Trinajstić information content (AvgIpc) is 2.65. The van der Waals surface area contributed by atoms with E-state index in [-0.39, 0.29) is 36.7 Å². The van der Waals surface area contributed by atoms with E-state index < -0.39 is 0 Å². The van der Waals surface area contributed by atoms with Gasteiger partial charge in [-0.2, -0.15) is 0 Å². The van der Waals surface area contributed by atoms with Crippen LogP contribution in [0.25, 0.3) is 0 Å².